The zero-order valence-corrected chi connectivity index (χ0v) is 14.1. The minimum Gasteiger partial charge on any atom is -0.342 e. The van der Waals surface area contributed by atoms with Gasteiger partial charge in [0.25, 0.3) is 0 Å². The monoisotopic (exact) mass is 309 g/mol. The maximum atomic E-state index is 12.6. The smallest absolute Gasteiger partial charge is 0.239 e. The molecule has 2 heterocycles. The number of rotatable bonds is 4. The zero-order valence-electron chi connectivity index (χ0n) is 14.1. The third-order valence-corrected chi connectivity index (χ3v) is 5.17. The highest BCUT2D eigenvalue weighted by Crippen LogP contribution is 2.24. The van der Waals surface area contributed by atoms with Crippen LogP contribution < -0.4 is 5.73 Å². The highest BCUT2D eigenvalue weighted by atomic mass is 16.2. The normalized spacial score (nSPS) is 22.7. The average molecular weight is 309 g/mol. The van der Waals surface area contributed by atoms with E-state index in [1.54, 1.807) is 0 Å². The number of likely N-dealkylation sites (tertiary alicyclic amines) is 2. The second-order valence-electron chi connectivity index (χ2n) is 7.00. The summed E-state index contributed by atoms with van der Waals surface area (Å²) in [5.41, 5.74) is 5.92. The van der Waals surface area contributed by atoms with Crippen LogP contribution in [-0.4, -0.2) is 53.8 Å². The van der Waals surface area contributed by atoms with Crippen molar-refractivity contribution in [3.05, 3.63) is 0 Å². The molecule has 0 aliphatic carbocycles. The van der Waals surface area contributed by atoms with Gasteiger partial charge in [0.1, 0.15) is 0 Å². The molecular formula is C17H31N3O2. The van der Waals surface area contributed by atoms with E-state index in [9.17, 15) is 9.59 Å². The highest BCUT2D eigenvalue weighted by molar-refractivity contribution is 5.83. The van der Waals surface area contributed by atoms with Crippen molar-refractivity contribution < 1.29 is 9.59 Å². The van der Waals surface area contributed by atoms with Crippen LogP contribution in [0.5, 0.6) is 0 Å². The molecule has 1 unspecified atom stereocenters. The molecule has 0 saturated carbocycles. The van der Waals surface area contributed by atoms with Crippen molar-refractivity contribution in [2.45, 2.75) is 58.4 Å². The molecule has 2 amide bonds. The quantitative estimate of drug-likeness (QED) is 0.858. The van der Waals surface area contributed by atoms with Crippen molar-refractivity contribution in [2.24, 2.45) is 17.6 Å². The van der Waals surface area contributed by atoms with Gasteiger partial charge in [-0.3, -0.25) is 9.59 Å². The number of hydrogen-bond donors (Lipinski definition) is 1. The van der Waals surface area contributed by atoms with Gasteiger partial charge in [0, 0.05) is 32.1 Å². The molecular weight excluding hydrogens is 278 g/mol. The molecule has 0 aromatic carbocycles. The Hall–Kier alpha value is -1.10. The van der Waals surface area contributed by atoms with E-state index in [0.29, 0.717) is 19.0 Å². The number of carbonyl (C=O) groups excluding carboxylic acids is 2. The lowest BCUT2D eigenvalue weighted by atomic mass is 9.92. The molecule has 2 fully saturated rings. The second kappa shape index (κ2) is 7.95. The van der Waals surface area contributed by atoms with E-state index >= 15 is 0 Å². The highest BCUT2D eigenvalue weighted by Gasteiger charge is 2.32. The van der Waals surface area contributed by atoms with Gasteiger partial charge in [-0.2, -0.15) is 0 Å². The summed E-state index contributed by atoms with van der Waals surface area (Å²) >= 11 is 0. The Bertz CT molecular complexity index is 383. The van der Waals surface area contributed by atoms with Gasteiger partial charge < -0.3 is 15.5 Å². The van der Waals surface area contributed by atoms with Gasteiger partial charge >= 0.3 is 0 Å². The molecule has 0 aromatic rings. The zero-order chi connectivity index (χ0) is 16.1. The van der Waals surface area contributed by atoms with Crippen molar-refractivity contribution >= 4 is 11.8 Å². The van der Waals surface area contributed by atoms with Crippen LogP contribution in [0.15, 0.2) is 0 Å². The second-order valence-corrected chi connectivity index (χ2v) is 7.00. The van der Waals surface area contributed by atoms with Gasteiger partial charge in [0.15, 0.2) is 0 Å². The number of carbonyl (C=O) groups is 2. The number of nitrogens with zero attached hydrogens (tertiary/aromatic N) is 2. The Morgan fingerprint density at radius 3 is 2.14 bits per heavy atom. The lowest BCUT2D eigenvalue weighted by Crippen LogP contribution is -2.50. The van der Waals surface area contributed by atoms with Crippen LogP contribution in [0.25, 0.3) is 0 Å². The molecule has 22 heavy (non-hydrogen) atoms. The number of piperidine rings is 2. The van der Waals surface area contributed by atoms with E-state index < -0.39 is 0 Å². The standard InChI is InChI=1S/C17H31N3O2/c1-3-4-15(18)17(22)20-11-7-14(8-12-20)16(21)19-9-5-13(2)6-10-19/h13-15H,3-12,18H2,1-2H3. The molecule has 2 saturated heterocycles. The minimum atomic E-state index is -0.374. The van der Waals surface area contributed by atoms with Gasteiger partial charge in [-0.25, -0.2) is 0 Å². The lowest BCUT2D eigenvalue weighted by Gasteiger charge is -2.37. The lowest BCUT2D eigenvalue weighted by molar-refractivity contribution is -0.142. The Labute approximate surface area is 134 Å². The summed E-state index contributed by atoms with van der Waals surface area (Å²) in [7, 11) is 0. The van der Waals surface area contributed by atoms with Crippen molar-refractivity contribution in [3.63, 3.8) is 0 Å². The molecule has 2 N–H and O–H groups in total. The number of amides is 2. The first kappa shape index (κ1) is 17.3. The van der Waals surface area contributed by atoms with Gasteiger partial charge in [0.2, 0.25) is 11.8 Å². The number of hydrogen-bond acceptors (Lipinski definition) is 3. The fourth-order valence-electron chi connectivity index (χ4n) is 3.50. The van der Waals surface area contributed by atoms with Crippen LogP contribution in [-0.2, 0) is 9.59 Å². The maximum absolute atomic E-state index is 12.6. The first-order valence-corrected chi connectivity index (χ1v) is 8.86. The van der Waals surface area contributed by atoms with Crippen molar-refractivity contribution in [3.8, 4) is 0 Å². The van der Waals surface area contributed by atoms with Gasteiger partial charge in [-0.05, 0) is 38.0 Å². The molecule has 1 atom stereocenters. The molecule has 126 valence electrons. The predicted molar refractivity (Wildman–Crippen MR) is 87.2 cm³/mol. The first-order valence-electron chi connectivity index (χ1n) is 8.86. The van der Waals surface area contributed by atoms with Crippen molar-refractivity contribution in [1.29, 1.82) is 0 Å². The van der Waals surface area contributed by atoms with E-state index in [1.807, 2.05) is 16.7 Å². The molecule has 5 nitrogen and oxygen atoms in total. The van der Waals surface area contributed by atoms with E-state index in [0.717, 1.165) is 57.5 Å². The van der Waals surface area contributed by atoms with Gasteiger partial charge in [0.05, 0.1) is 6.04 Å². The summed E-state index contributed by atoms with van der Waals surface area (Å²) in [6.45, 7) is 7.46. The van der Waals surface area contributed by atoms with Crippen LogP contribution in [0.4, 0.5) is 0 Å². The third kappa shape index (κ3) is 4.22. The molecule has 2 aliphatic heterocycles. The molecule has 5 heteroatoms. The van der Waals surface area contributed by atoms with E-state index in [2.05, 4.69) is 6.92 Å². The summed E-state index contributed by atoms with van der Waals surface area (Å²) in [4.78, 5) is 28.7. The fraction of sp³-hybridized carbons (Fsp3) is 0.882. The summed E-state index contributed by atoms with van der Waals surface area (Å²) in [6, 6.07) is -0.374. The Kier molecular flexibility index (Phi) is 6.24. The Morgan fingerprint density at radius 2 is 1.59 bits per heavy atom. The summed E-state index contributed by atoms with van der Waals surface area (Å²) in [6.07, 6.45) is 5.48. The SMILES string of the molecule is CCCC(N)C(=O)N1CCC(C(=O)N2CCC(C)CC2)CC1. The van der Waals surface area contributed by atoms with Crippen LogP contribution in [0.2, 0.25) is 0 Å². The molecule has 0 bridgehead atoms. The minimum absolute atomic E-state index is 0.0551. The van der Waals surface area contributed by atoms with Crippen molar-refractivity contribution in [2.75, 3.05) is 26.2 Å². The molecule has 0 spiro atoms. The van der Waals surface area contributed by atoms with Crippen LogP contribution in [0.1, 0.15) is 52.4 Å². The van der Waals surface area contributed by atoms with Gasteiger partial charge in [-0.15, -0.1) is 0 Å². The fourth-order valence-corrected chi connectivity index (χ4v) is 3.50. The van der Waals surface area contributed by atoms with Crippen LogP contribution >= 0.6 is 0 Å². The Balaban J connectivity index is 1.79. The molecule has 2 rings (SSSR count). The summed E-state index contributed by atoms with van der Waals surface area (Å²) in [5.74, 6) is 1.19. The van der Waals surface area contributed by atoms with Gasteiger partial charge in [-0.1, -0.05) is 20.3 Å². The third-order valence-electron chi connectivity index (χ3n) is 5.17. The first-order chi connectivity index (χ1) is 10.5. The van der Waals surface area contributed by atoms with Crippen LogP contribution in [0, 0.1) is 11.8 Å². The summed E-state index contributed by atoms with van der Waals surface area (Å²) < 4.78 is 0. The average Bonchev–Trinajstić information content (AvgIpc) is 2.54. The van der Waals surface area contributed by atoms with E-state index in [-0.39, 0.29) is 17.9 Å². The molecule has 0 aromatic heterocycles. The summed E-state index contributed by atoms with van der Waals surface area (Å²) in [5, 5.41) is 0. The molecule has 2 aliphatic rings. The predicted octanol–water partition coefficient (Wildman–Crippen LogP) is 1.61. The maximum Gasteiger partial charge on any atom is 0.239 e. The Morgan fingerprint density at radius 1 is 1.05 bits per heavy atom. The topological polar surface area (TPSA) is 66.6 Å². The molecule has 0 radical (unpaired) electrons. The van der Waals surface area contributed by atoms with Crippen LogP contribution in [0.3, 0.4) is 0 Å². The van der Waals surface area contributed by atoms with E-state index in [1.165, 1.54) is 0 Å². The van der Waals surface area contributed by atoms with Crippen molar-refractivity contribution in [1.82, 2.24) is 9.80 Å². The van der Waals surface area contributed by atoms with E-state index in [4.69, 9.17) is 5.73 Å². The largest absolute Gasteiger partial charge is 0.342 e. The number of nitrogens with two attached hydrogens (primary N) is 1.